The topological polar surface area (TPSA) is 85.3 Å². The highest BCUT2D eigenvalue weighted by molar-refractivity contribution is 6.08. The highest BCUT2D eigenvalue weighted by atomic mass is 16.3. The summed E-state index contributed by atoms with van der Waals surface area (Å²) in [6, 6.07) is 0. The molecule has 3 N–H and O–H groups in total. The van der Waals surface area contributed by atoms with Gasteiger partial charge in [0.15, 0.2) is 0 Å². The molecular formula is C10H12N2O3. The summed E-state index contributed by atoms with van der Waals surface area (Å²) >= 11 is 0. The molecule has 2 heterocycles. The van der Waals surface area contributed by atoms with Crippen LogP contribution in [-0.4, -0.2) is 17.4 Å². The quantitative estimate of drug-likeness (QED) is 0.702. The van der Waals surface area contributed by atoms with Gasteiger partial charge in [0.25, 0.3) is 11.8 Å². The summed E-state index contributed by atoms with van der Waals surface area (Å²) in [7, 11) is 0. The molecular weight excluding hydrogens is 196 g/mol. The minimum atomic E-state index is -0.644. The molecule has 0 fully saturated rings. The fraction of sp³-hybridized carbons (Fsp3) is 0.400. The van der Waals surface area contributed by atoms with E-state index in [-0.39, 0.29) is 22.6 Å². The first-order valence-electron chi connectivity index (χ1n) is 4.63. The summed E-state index contributed by atoms with van der Waals surface area (Å²) in [4.78, 5) is 22.7. The van der Waals surface area contributed by atoms with Crippen LogP contribution in [0.2, 0.25) is 0 Å². The average Bonchev–Trinajstić information content (AvgIpc) is 2.45. The molecule has 1 aliphatic heterocycles. The molecule has 0 saturated heterocycles. The first kappa shape index (κ1) is 9.76. The molecule has 15 heavy (non-hydrogen) atoms. The van der Waals surface area contributed by atoms with Gasteiger partial charge >= 0.3 is 0 Å². The van der Waals surface area contributed by atoms with E-state index in [9.17, 15) is 9.59 Å². The van der Waals surface area contributed by atoms with Crippen LogP contribution < -0.4 is 11.1 Å². The number of carbonyl (C=O) groups is 2. The van der Waals surface area contributed by atoms with Crippen LogP contribution in [0.5, 0.6) is 0 Å². The van der Waals surface area contributed by atoms with Gasteiger partial charge in [0.1, 0.15) is 12.0 Å². The molecule has 0 saturated carbocycles. The van der Waals surface area contributed by atoms with Gasteiger partial charge in [-0.15, -0.1) is 0 Å². The SMILES string of the molecule is CC1(C)Cc2occ(C(N)=O)c2C(=O)N1. The van der Waals surface area contributed by atoms with E-state index in [0.717, 1.165) is 0 Å². The van der Waals surface area contributed by atoms with Crippen LogP contribution >= 0.6 is 0 Å². The lowest BCUT2D eigenvalue weighted by Gasteiger charge is -2.29. The zero-order valence-corrected chi connectivity index (χ0v) is 8.59. The first-order chi connectivity index (χ1) is 6.91. The number of hydrogen-bond acceptors (Lipinski definition) is 3. The van der Waals surface area contributed by atoms with Crippen molar-refractivity contribution in [2.45, 2.75) is 25.8 Å². The van der Waals surface area contributed by atoms with Crippen molar-refractivity contribution in [2.24, 2.45) is 5.73 Å². The molecule has 1 aliphatic rings. The Bertz CT molecular complexity index is 446. The fourth-order valence-corrected chi connectivity index (χ4v) is 1.77. The van der Waals surface area contributed by atoms with Crippen molar-refractivity contribution in [3.05, 3.63) is 23.2 Å². The van der Waals surface area contributed by atoms with Crippen molar-refractivity contribution < 1.29 is 14.0 Å². The van der Waals surface area contributed by atoms with E-state index in [1.54, 1.807) is 0 Å². The Morgan fingerprint density at radius 3 is 2.87 bits per heavy atom. The van der Waals surface area contributed by atoms with Gasteiger partial charge in [-0.3, -0.25) is 9.59 Å². The van der Waals surface area contributed by atoms with Crippen LogP contribution in [0.25, 0.3) is 0 Å². The van der Waals surface area contributed by atoms with Crippen LogP contribution in [0.4, 0.5) is 0 Å². The zero-order valence-electron chi connectivity index (χ0n) is 8.59. The maximum atomic E-state index is 11.7. The monoisotopic (exact) mass is 208 g/mol. The number of nitrogens with one attached hydrogen (secondary N) is 1. The lowest BCUT2D eigenvalue weighted by atomic mass is 9.91. The second-order valence-electron chi connectivity index (χ2n) is 4.33. The van der Waals surface area contributed by atoms with E-state index in [1.807, 2.05) is 13.8 Å². The second kappa shape index (κ2) is 2.85. The van der Waals surface area contributed by atoms with Gasteiger partial charge in [0.05, 0.1) is 11.1 Å². The molecule has 0 bridgehead atoms. The molecule has 5 nitrogen and oxygen atoms in total. The Morgan fingerprint density at radius 2 is 2.27 bits per heavy atom. The van der Waals surface area contributed by atoms with Crippen molar-refractivity contribution in [1.29, 1.82) is 0 Å². The van der Waals surface area contributed by atoms with Gasteiger partial charge < -0.3 is 15.5 Å². The minimum absolute atomic E-state index is 0.151. The van der Waals surface area contributed by atoms with E-state index in [1.165, 1.54) is 6.26 Å². The van der Waals surface area contributed by atoms with Crippen molar-refractivity contribution in [2.75, 3.05) is 0 Å². The Kier molecular flexibility index (Phi) is 1.86. The number of furan rings is 1. The summed E-state index contributed by atoms with van der Waals surface area (Å²) in [5.41, 5.74) is 5.21. The molecule has 0 atom stereocenters. The summed E-state index contributed by atoms with van der Waals surface area (Å²) in [5.74, 6) is -0.420. The van der Waals surface area contributed by atoms with Crippen LogP contribution in [0.15, 0.2) is 10.7 Å². The molecule has 0 radical (unpaired) electrons. The van der Waals surface area contributed by atoms with Crippen LogP contribution in [0.3, 0.4) is 0 Å². The van der Waals surface area contributed by atoms with Gasteiger partial charge in [-0.2, -0.15) is 0 Å². The summed E-state index contributed by atoms with van der Waals surface area (Å²) in [6.45, 7) is 3.78. The number of rotatable bonds is 1. The minimum Gasteiger partial charge on any atom is -0.468 e. The number of primary amides is 1. The lowest BCUT2D eigenvalue weighted by Crippen LogP contribution is -2.49. The van der Waals surface area contributed by atoms with Crippen LogP contribution in [0, 0.1) is 0 Å². The van der Waals surface area contributed by atoms with E-state index in [4.69, 9.17) is 10.2 Å². The maximum absolute atomic E-state index is 11.7. The Morgan fingerprint density at radius 1 is 1.60 bits per heavy atom. The van der Waals surface area contributed by atoms with Gasteiger partial charge in [-0.25, -0.2) is 0 Å². The zero-order chi connectivity index (χ0) is 11.2. The molecule has 0 aliphatic carbocycles. The molecule has 1 aromatic heterocycles. The molecule has 0 aromatic carbocycles. The maximum Gasteiger partial charge on any atom is 0.256 e. The third-order valence-electron chi connectivity index (χ3n) is 2.41. The van der Waals surface area contributed by atoms with Crippen LogP contribution in [0.1, 0.15) is 40.3 Å². The largest absolute Gasteiger partial charge is 0.468 e. The van der Waals surface area contributed by atoms with E-state index in [0.29, 0.717) is 12.2 Å². The predicted octanol–water partition coefficient (Wildman–Crippen LogP) is 0.443. The Balaban J connectivity index is 2.53. The summed E-state index contributed by atoms with van der Waals surface area (Å²) in [6.07, 6.45) is 1.80. The fourth-order valence-electron chi connectivity index (χ4n) is 1.77. The standard InChI is InChI=1S/C10H12N2O3/c1-10(2)3-6-7(9(14)12-10)5(4-15-6)8(11)13/h4H,3H2,1-2H3,(H2,11,13)(H,12,14). The van der Waals surface area contributed by atoms with Gasteiger partial charge in [-0.05, 0) is 13.8 Å². The number of amides is 2. The third-order valence-corrected chi connectivity index (χ3v) is 2.41. The Labute approximate surface area is 86.6 Å². The van der Waals surface area contributed by atoms with Gasteiger partial charge in [-0.1, -0.05) is 0 Å². The molecule has 0 spiro atoms. The Hall–Kier alpha value is -1.78. The smallest absolute Gasteiger partial charge is 0.256 e. The second-order valence-corrected chi connectivity index (χ2v) is 4.33. The van der Waals surface area contributed by atoms with E-state index in [2.05, 4.69) is 5.32 Å². The van der Waals surface area contributed by atoms with Gasteiger partial charge in [0.2, 0.25) is 0 Å². The number of fused-ring (bicyclic) bond motifs is 1. The van der Waals surface area contributed by atoms with E-state index >= 15 is 0 Å². The molecule has 5 heteroatoms. The van der Waals surface area contributed by atoms with Crippen LogP contribution in [-0.2, 0) is 6.42 Å². The normalized spacial score (nSPS) is 18.1. The summed E-state index contributed by atoms with van der Waals surface area (Å²) < 4.78 is 5.19. The highest BCUT2D eigenvalue weighted by Gasteiger charge is 2.35. The highest BCUT2D eigenvalue weighted by Crippen LogP contribution is 2.26. The predicted molar refractivity (Wildman–Crippen MR) is 52.5 cm³/mol. The number of carbonyl (C=O) groups excluding carboxylic acids is 2. The number of nitrogens with two attached hydrogens (primary N) is 1. The van der Waals surface area contributed by atoms with Crippen molar-refractivity contribution in [3.63, 3.8) is 0 Å². The molecule has 80 valence electrons. The third kappa shape index (κ3) is 1.49. The first-order valence-corrected chi connectivity index (χ1v) is 4.63. The van der Waals surface area contributed by atoms with Crippen molar-refractivity contribution in [1.82, 2.24) is 5.32 Å². The van der Waals surface area contributed by atoms with Gasteiger partial charge in [0, 0.05) is 12.0 Å². The lowest BCUT2D eigenvalue weighted by molar-refractivity contribution is 0.0881. The molecule has 2 rings (SSSR count). The summed E-state index contributed by atoms with van der Waals surface area (Å²) in [5, 5.41) is 2.79. The molecule has 2 amide bonds. The van der Waals surface area contributed by atoms with E-state index < -0.39 is 5.91 Å². The molecule has 0 unspecified atom stereocenters. The average molecular weight is 208 g/mol. The van der Waals surface area contributed by atoms with Crippen molar-refractivity contribution >= 4 is 11.8 Å². The van der Waals surface area contributed by atoms with Crippen molar-refractivity contribution in [3.8, 4) is 0 Å². The molecule has 1 aromatic rings. The number of hydrogen-bond donors (Lipinski definition) is 2.